The number of carbonyl (C=O) groups is 1. The van der Waals surface area contributed by atoms with E-state index >= 15 is 0 Å². The summed E-state index contributed by atoms with van der Waals surface area (Å²) in [4.78, 5) is 14.4. The summed E-state index contributed by atoms with van der Waals surface area (Å²) in [6.07, 6.45) is 9.32. The average molecular weight is 404 g/mol. The van der Waals surface area contributed by atoms with Crippen molar-refractivity contribution in [1.82, 2.24) is 4.90 Å². The van der Waals surface area contributed by atoms with Gasteiger partial charge in [-0.25, -0.2) is 0 Å². The van der Waals surface area contributed by atoms with Crippen molar-refractivity contribution >= 4 is 5.91 Å². The van der Waals surface area contributed by atoms with E-state index in [-0.39, 0.29) is 0 Å². The summed E-state index contributed by atoms with van der Waals surface area (Å²) in [7, 11) is 0. The number of amides is 1. The smallest absolute Gasteiger partial charge is 0.225 e. The Balaban J connectivity index is 1.26. The standard InChI is InChI=1S/C28H37NO/c1-20-7-6-10-24(22(20)3)9-5-4-8-23-11-14-27(19-21(23)2)25-15-17-29(18-16-25)28(30)26-12-13-26/h6-7,10-11,14,19,25-26H,4-5,8-9,12-13,15-18H2,1-3H3. The lowest BCUT2D eigenvalue weighted by molar-refractivity contribution is -0.133. The molecule has 1 aliphatic carbocycles. The Labute approximate surface area is 182 Å². The topological polar surface area (TPSA) is 20.3 Å². The van der Waals surface area contributed by atoms with Gasteiger partial charge in [-0.1, -0.05) is 36.4 Å². The molecule has 2 heteroatoms. The molecule has 0 radical (unpaired) electrons. The maximum Gasteiger partial charge on any atom is 0.225 e. The van der Waals surface area contributed by atoms with E-state index in [1.54, 1.807) is 0 Å². The molecule has 2 fully saturated rings. The quantitative estimate of drug-likeness (QED) is 0.497. The molecule has 2 nitrogen and oxygen atoms in total. The molecule has 160 valence electrons. The van der Waals surface area contributed by atoms with Crippen molar-refractivity contribution < 1.29 is 4.79 Å². The first-order valence-corrected chi connectivity index (χ1v) is 12.0. The van der Waals surface area contributed by atoms with Crippen molar-refractivity contribution in [3.63, 3.8) is 0 Å². The van der Waals surface area contributed by atoms with Gasteiger partial charge in [0, 0.05) is 19.0 Å². The summed E-state index contributed by atoms with van der Waals surface area (Å²) in [6, 6.07) is 13.8. The van der Waals surface area contributed by atoms with E-state index in [2.05, 4.69) is 62.1 Å². The van der Waals surface area contributed by atoms with Gasteiger partial charge in [-0.15, -0.1) is 0 Å². The van der Waals surface area contributed by atoms with E-state index in [1.165, 1.54) is 59.1 Å². The number of nitrogens with zero attached hydrogens (tertiary/aromatic N) is 1. The molecule has 2 aromatic rings. The molecule has 0 bridgehead atoms. The third kappa shape index (κ3) is 4.96. The Morgan fingerprint density at radius 2 is 1.57 bits per heavy atom. The van der Waals surface area contributed by atoms with Gasteiger partial charge in [-0.3, -0.25) is 4.79 Å². The van der Waals surface area contributed by atoms with Crippen LogP contribution in [0.1, 0.15) is 77.8 Å². The predicted molar refractivity (Wildman–Crippen MR) is 125 cm³/mol. The zero-order chi connectivity index (χ0) is 21.1. The lowest BCUT2D eigenvalue weighted by Crippen LogP contribution is -2.38. The minimum atomic E-state index is 0.359. The van der Waals surface area contributed by atoms with Crippen LogP contribution in [-0.4, -0.2) is 23.9 Å². The zero-order valence-corrected chi connectivity index (χ0v) is 19.0. The van der Waals surface area contributed by atoms with Gasteiger partial charge >= 0.3 is 0 Å². The monoisotopic (exact) mass is 403 g/mol. The van der Waals surface area contributed by atoms with E-state index < -0.39 is 0 Å². The first kappa shape index (κ1) is 21.2. The molecule has 30 heavy (non-hydrogen) atoms. The molecule has 1 aliphatic heterocycles. The summed E-state index contributed by atoms with van der Waals surface area (Å²) in [5.74, 6) is 1.39. The summed E-state index contributed by atoms with van der Waals surface area (Å²) in [5.41, 5.74) is 8.79. The number of carbonyl (C=O) groups excluding carboxylic acids is 1. The first-order valence-electron chi connectivity index (χ1n) is 12.0. The molecule has 2 aliphatic rings. The fraction of sp³-hybridized carbons (Fsp3) is 0.536. The Morgan fingerprint density at radius 1 is 0.867 bits per heavy atom. The van der Waals surface area contributed by atoms with Crippen LogP contribution in [0.2, 0.25) is 0 Å². The van der Waals surface area contributed by atoms with E-state index in [0.29, 0.717) is 17.7 Å². The Kier molecular flexibility index (Phi) is 6.61. The molecule has 1 saturated carbocycles. The van der Waals surface area contributed by atoms with E-state index in [1.807, 2.05) is 0 Å². The number of rotatable bonds is 7. The van der Waals surface area contributed by atoms with Crippen molar-refractivity contribution in [1.29, 1.82) is 0 Å². The van der Waals surface area contributed by atoms with Crippen LogP contribution >= 0.6 is 0 Å². The molecule has 1 saturated heterocycles. The third-order valence-electron chi connectivity index (χ3n) is 7.43. The highest BCUT2D eigenvalue weighted by Gasteiger charge is 2.35. The van der Waals surface area contributed by atoms with Crippen molar-refractivity contribution in [2.24, 2.45) is 5.92 Å². The highest BCUT2D eigenvalue weighted by molar-refractivity contribution is 5.81. The fourth-order valence-electron chi connectivity index (χ4n) is 4.99. The maximum atomic E-state index is 12.3. The lowest BCUT2D eigenvalue weighted by Gasteiger charge is -2.32. The number of aryl methyl sites for hydroxylation is 4. The Morgan fingerprint density at radius 3 is 2.23 bits per heavy atom. The molecule has 2 aromatic carbocycles. The van der Waals surface area contributed by atoms with Gasteiger partial charge in [-0.05, 0) is 111 Å². The number of hydrogen-bond acceptors (Lipinski definition) is 1. The van der Waals surface area contributed by atoms with Crippen LogP contribution in [0.15, 0.2) is 36.4 Å². The minimum Gasteiger partial charge on any atom is -0.342 e. The molecule has 0 spiro atoms. The molecule has 1 heterocycles. The number of likely N-dealkylation sites (tertiary alicyclic amines) is 1. The second-order valence-electron chi connectivity index (χ2n) is 9.63. The largest absolute Gasteiger partial charge is 0.342 e. The van der Waals surface area contributed by atoms with Gasteiger partial charge in [0.25, 0.3) is 0 Å². The van der Waals surface area contributed by atoms with Crippen LogP contribution in [0, 0.1) is 26.7 Å². The SMILES string of the molecule is Cc1cc(C2CCN(C(=O)C3CC3)CC2)ccc1CCCCc1cccc(C)c1C. The second-order valence-corrected chi connectivity index (χ2v) is 9.63. The normalized spacial score (nSPS) is 17.4. The Hall–Kier alpha value is -2.09. The number of piperidine rings is 1. The zero-order valence-electron chi connectivity index (χ0n) is 19.0. The van der Waals surface area contributed by atoms with Crippen molar-refractivity contribution in [3.05, 3.63) is 69.8 Å². The predicted octanol–water partition coefficient (Wildman–Crippen LogP) is 6.29. The lowest BCUT2D eigenvalue weighted by atomic mass is 9.87. The van der Waals surface area contributed by atoms with Gasteiger partial charge in [0.05, 0.1) is 0 Å². The van der Waals surface area contributed by atoms with E-state index in [4.69, 9.17) is 0 Å². The van der Waals surface area contributed by atoms with Crippen LogP contribution in [0.4, 0.5) is 0 Å². The summed E-state index contributed by atoms with van der Waals surface area (Å²) >= 11 is 0. The highest BCUT2D eigenvalue weighted by atomic mass is 16.2. The molecule has 0 atom stereocenters. The molecular weight excluding hydrogens is 366 g/mol. The molecule has 0 N–H and O–H groups in total. The molecule has 0 aromatic heterocycles. The summed E-state index contributed by atoms with van der Waals surface area (Å²) in [6.45, 7) is 8.62. The molecule has 4 rings (SSSR count). The van der Waals surface area contributed by atoms with Gasteiger partial charge < -0.3 is 4.90 Å². The first-order chi connectivity index (χ1) is 14.5. The fourth-order valence-corrected chi connectivity index (χ4v) is 4.99. The van der Waals surface area contributed by atoms with Crippen LogP contribution in [0.3, 0.4) is 0 Å². The second kappa shape index (κ2) is 9.37. The Bertz CT molecular complexity index is 888. The minimum absolute atomic E-state index is 0.359. The van der Waals surface area contributed by atoms with Crippen LogP contribution in [0.5, 0.6) is 0 Å². The number of hydrogen-bond donors (Lipinski definition) is 0. The number of benzene rings is 2. The maximum absolute atomic E-state index is 12.3. The van der Waals surface area contributed by atoms with Crippen molar-refractivity contribution in [2.75, 3.05) is 13.1 Å². The highest BCUT2D eigenvalue weighted by Crippen LogP contribution is 2.35. The van der Waals surface area contributed by atoms with Gasteiger partial charge in [0.1, 0.15) is 0 Å². The molecular formula is C28H37NO. The van der Waals surface area contributed by atoms with Gasteiger partial charge in [-0.2, -0.15) is 0 Å². The van der Waals surface area contributed by atoms with Crippen LogP contribution in [0.25, 0.3) is 0 Å². The van der Waals surface area contributed by atoms with E-state index in [9.17, 15) is 4.79 Å². The summed E-state index contributed by atoms with van der Waals surface area (Å²) in [5, 5.41) is 0. The summed E-state index contributed by atoms with van der Waals surface area (Å²) < 4.78 is 0. The average Bonchev–Trinajstić information content (AvgIpc) is 3.60. The van der Waals surface area contributed by atoms with Gasteiger partial charge in [0.15, 0.2) is 0 Å². The van der Waals surface area contributed by atoms with Crippen molar-refractivity contribution in [2.45, 2.75) is 78.1 Å². The third-order valence-corrected chi connectivity index (χ3v) is 7.43. The van der Waals surface area contributed by atoms with Crippen molar-refractivity contribution in [3.8, 4) is 0 Å². The van der Waals surface area contributed by atoms with Crippen LogP contribution in [-0.2, 0) is 17.6 Å². The molecule has 1 amide bonds. The van der Waals surface area contributed by atoms with E-state index in [0.717, 1.165) is 38.8 Å². The van der Waals surface area contributed by atoms with Gasteiger partial charge in [0.2, 0.25) is 5.91 Å². The number of unbranched alkanes of at least 4 members (excludes halogenated alkanes) is 1. The van der Waals surface area contributed by atoms with Crippen LogP contribution < -0.4 is 0 Å². The molecule has 0 unspecified atom stereocenters.